The first kappa shape index (κ1) is 23.9. The van der Waals surface area contributed by atoms with Gasteiger partial charge >= 0.3 is 0 Å². The minimum atomic E-state index is 0. The Kier molecular flexibility index (Phi) is 12.8. The Morgan fingerprint density at radius 2 is 2.12 bits per heavy atom. The maximum absolute atomic E-state index is 5.75. The fourth-order valence-electron chi connectivity index (χ4n) is 3.18. The third kappa shape index (κ3) is 9.16. The van der Waals surface area contributed by atoms with E-state index in [9.17, 15) is 0 Å². The highest BCUT2D eigenvalue weighted by Gasteiger charge is 2.21. The predicted molar refractivity (Wildman–Crippen MR) is 118 cm³/mol. The molecule has 0 saturated carbocycles. The number of rotatable bonds is 9. The maximum atomic E-state index is 5.75. The summed E-state index contributed by atoms with van der Waals surface area (Å²) in [4.78, 5) is 9.56. The van der Waals surface area contributed by atoms with Crippen molar-refractivity contribution in [3.8, 4) is 0 Å². The van der Waals surface area contributed by atoms with E-state index in [1.54, 1.807) is 0 Å². The molecule has 0 aromatic rings. The Balaban J connectivity index is 0.00000338. The van der Waals surface area contributed by atoms with Gasteiger partial charge in [-0.2, -0.15) is 0 Å². The van der Waals surface area contributed by atoms with E-state index in [2.05, 4.69) is 41.5 Å². The molecule has 0 bridgehead atoms. The summed E-state index contributed by atoms with van der Waals surface area (Å²) in [7, 11) is 4.38. The lowest BCUT2D eigenvalue weighted by atomic mass is 10.1. The number of halogens is 1. The van der Waals surface area contributed by atoms with Gasteiger partial charge in [0, 0.05) is 57.9 Å². The van der Waals surface area contributed by atoms with E-state index in [4.69, 9.17) is 14.5 Å². The van der Waals surface area contributed by atoms with Gasteiger partial charge in [0.25, 0.3) is 0 Å². The molecule has 2 fully saturated rings. The van der Waals surface area contributed by atoms with Gasteiger partial charge in [0.15, 0.2) is 5.96 Å². The number of hydrogen-bond acceptors (Lipinski definition) is 5. The fourth-order valence-corrected chi connectivity index (χ4v) is 3.18. The molecule has 26 heavy (non-hydrogen) atoms. The van der Waals surface area contributed by atoms with Crippen molar-refractivity contribution in [3.05, 3.63) is 0 Å². The highest BCUT2D eigenvalue weighted by atomic mass is 127. The first-order chi connectivity index (χ1) is 12.2. The first-order valence-electron chi connectivity index (χ1n) is 9.75. The molecule has 2 saturated heterocycles. The summed E-state index contributed by atoms with van der Waals surface area (Å²) in [5, 5.41) is 6.75. The summed E-state index contributed by atoms with van der Waals surface area (Å²) in [5.74, 6) is 1.51. The average molecular weight is 483 g/mol. The molecule has 7 nitrogen and oxygen atoms in total. The van der Waals surface area contributed by atoms with Crippen LogP contribution in [-0.4, -0.2) is 102 Å². The summed E-state index contributed by atoms with van der Waals surface area (Å²) >= 11 is 0. The van der Waals surface area contributed by atoms with Crippen molar-refractivity contribution >= 4 is 29.9 Å². The van der Waals surface area contributed by atoms with E-state index >= 15 is 0 Å². The minimum Gasteiger partial charge on any atom is -0.381 e. The molecule has 0 radical (unpaired) electrons. The summed E-state index contributed by atoms with van der Waals surface area (Å²) in [6.45, 7) is 11.4. The van der Waals surface area contributed by atoms with Crippen LogP contribution in [0.1, 0.15) is 19.8 Å². The second kappa shape index (κ2) is 13.9. The highest BCUT2D eigenvalue weighted by molar-refractivity contribution is 14.0. The van der Waals surface area contributed by atoms with Crippen LogP contribution in [0.25, 0.3) is 0 Å². The predicted octanol–water partition coefficient (Wildman–Crippen LogP) is 0.849. The summed E-state index contributed by atoms with van der Waals surface area (Å²) in [5.41, 5.74) is 0. The molecule has 0 amide bonds. The second-order valence-corrected chi connectivity index (χ2v) is 7.20. The minimum absolute atomic E-state index is 0. The van der Waals surface area contributed by atoms with E-state index in [1.165, 1.54) is 0 Å². The van der Waals surface area contributed by atoms with Gasteiger partial charge in [-0.1, -0.05) is 0 Å². The van der Waals surface area contributed by atoms with E-state index in [0.29, 0.717) is 12.0 Å². The van der Waals surface area contributed by atoms with E-state index < -0.39 is 0 Å². The van der Waals surface area contributed by atoms with Crippen LogP contribution in [0.3, 0.4) is 0 Å². The molecule has 154 valence electrons. The molecular weight excluding hydrogens is 445 g/mol. The van der Waals surface area contributed by atoms with Gasteiger partial charge in [-0.15, -0.1) is 24.0 Å². The van der Waals surface area contributed by atoms with Gasteiger partial charge in [0.05, 0.1) is 19.8 Å². The Hall–Kier alpha value is -0.160. The van der Waals surface area contributed by atoms with E-state index in [-0.39, 0.29) is 24.0 Å². The van der Waals surface area contributed by atoms with E-state index in [0.717, 1.165) is 84.5 Å². The third-order valence-corrected chi connectivity index (χ3v) is 4.92. The largest absolute Gasteiger partial charge is 0.381 e. The summed E-state index contributed by atoms with van der Waals surface area (Å²) < 4.78 is 11.1. The quantitative estimate of drug-likeness (QED) is 0.220. The highest BCUT2D eigenvalue weighted by Crippen LogP contribution is 2.12. The number of likely N-dealkylation sites (N-methyl/N-ethyl adjacent to an activating group) is 2. The zero-order chi connectivity index (χ0) is 17.9. The number of nitrogens with zero attached hydrogens (tertiary/aromatic N) is 3. The number of nitrogens with one attached hydrogen (secondary N) is 2. The second-order valence-electron chi connectivity index (χ2n) is 7.20. The Morgan fingerprint density at radius 3 is 2.85 bits per heavy atom. The van der Waals surface area contributed by atoms with Crippen LogP contribution in [0.5, 0.6) is 0 Å². The van der Waals surface area contributed by atoms with Crippen molar-refractivity contribution in [2.45, 2.75) is 25.8 Å². The van der Waals surface area contributed by atoms with Gasteiger partial charge in [-0.3, -0.25) is 9.89 Å². The van der Waals surface area contributed by atoms with Gasteiger partial charge in [-0.25, -0.2) is 0 Å². The van der Waals surface area contributed by atoms with Gasteiger partial charge in [0.1, 0.15) is 0 Å². The van der Waals surface area contributed by atoms with Crippen LogP contribution in [0, 0.1) is 5.92 Å². The standard InChI is InChI=1S/C18H37N5O2.HI/c1-4-19-18(21-12-17-13-22(2)8-9-23(17)3)20-7-5-10-24-14-16-6-11-25-15-16;/h16-17H,4-15H2,1-3H3,(H2,19,20,21);1H. The van der Waals surface area contributed by atoms with Crippen molar-refractivity contribution in [2.75, 3.05) is 79.8 Å². The number of guanidine groups is 1. The fraction of sp³-hybridized carbons (Fsp3) is 0.944. The molecule has 0 spiro atoms. The van der Waals surface area contributed by atoms with Crippen LogP contribution in [0.15, 0.2) is 4.99 Å². The smallest absolute Gasteiger partial charge is 0.191 e. The van der Waals surface area contributed by atoms with Gasteiger partial charge in [-0.05, 0) is 33.9 Å². The molecule has 0 aliphatic carbocycles. The Bertz CT molecular complexity index is 394. The maximum Gasteiger partial charge on any atom is 0.191 e. The summed E-state index contributed by atoms with van der Waals surface area (Å²) in [6, 6.07) is 0.492. The van der Waals surface area contributed by atoms with Crippen molar-refractivity contribution < 1.29 is 9.47 Å². The molecule has 2 aliphatic rings. The van der Waals surface area contributed by atoms with Gasteiger partial charge in [0.2, 0.25) is 0 Å². The number of aliphatic imine (C=N–C) groups is 1. The monoisotopic (exact) mass is 483 g/mol. The topological polar surface area (TPSA) is 61.4 Å². The lowest BCUT2D eigenvalue weighted by molar-refractivity contribution is 0.0888. The molecule has 8 heteroatoms. The van der Waals surface area contributed by atoms with Crippen molar-refractivity contribution in [1.29, 1.82) is 0 Å². The molecule has 2 atom stereocenters. The zero-order valence-electron chi connectivity index (χ0n) is 16.7. The molecule has 2 aliphatic heterocycles. The number of piperazine rings is 1. The first-order valence-corrected chi connectivity index (χ1v) is 9.75. The molecule has 2 N–H and O–H groups in total. The van der Waals surface area contributed by atoms with Gasteiger partial charge < -0.3 is 25.0 Å². The summed E-state index contributed by atoms with van der Waals surface area (Å²) in [6.07, 6.45) is 2.13. The Labute approximate surface area is 176 Å². The van der Waals surface area contributed by atoms with E-state index in [1.807, 2.05) is 0 Å². The molecule has 2 unspecified atom stereocenters. The van der Waals surface area contributed by atoms with Crippen molar-refractivity contribution in [2.24, 2.45) is 10.9 Å². The van der Waals surface area contributed by atoms with Crippen molar-refractivity contribution in [1.82, 2.24) is 20.4 Å². The molecule has 2 rings (SSSR count). The molecule has 0 aromatic heterocycles. The van der Waals surface area contributed by atoms with Crippen LogP contribution in [0.4, 0.5) is 0 Å². The molecular formula is C18H38IN5O2. The lowest BCUT2D eigenvalue weighted by Crippen LogP contribution is -2.51. The number of hydrogen-bond donors (Lipinski definition) is 2. The molecule has 0 aromatic carbocycles. The average Bonchev–Trinajstić information content (AvgIpc) is 3.11. The van der Waals surface area contributed by atoms with Crippen LogP contribution in [-0.2, 0) is 9.47 Å². The zero-order valence-corrected chi connectivity index (χ0v) is 19.0. The Morgan fingerprint density at radius 1 is 1.27 bits per heavy atom. The van der Waals surface area contributed by atoms with Crippen molar-refractivity contribution in [3.63, 3.8) is 0 Å². The van der Waals surface area contributed by atoms with Crippen LogP contribution < -0.4 is 10.6 Å². The van der Waals surface area contributed by atoms with Crippen LogP contribution in [0.2, 0.25) is 0 Å². The normalized spacial score (nSPS) is 25.1. The SMILES string of the molecule is CCNC(=NCC1CN(C)CCN1C)NCCCOCC1CCOC1.I. The van der Waals surface area contributed by atoms with Crippen LogP contribution >= 0.6 is 24.0 Å². The lowest BCUT2D eigenvalue weighted by Gasteiger charge is -2.36. The molecule has 2 heterocycles. The number of ether oxygens (including phenoxy) is 2. The third-order valence-electron chi connectivity index (χ3n) is 4.92.